The summed E-state index contributed by atoms with van der Waals surface area (Å²) in [7, 11) is 0. The summed E-state index contributed by atoms with van der Waals surface area (Å²) in [5.74, 6) is -0.161. The van der Waals surface area contributed by atoms with Crippen molar-refractivity contribution in [1.82, 2.24) is 14.9 Å². The van der Waals surface area contributed by atoms with Crippen LogP contribution in [0.1, 0.15) is 24.0 Å². The van der Waals surface area contributed by atoms with Crippen molar-refractivity contribution in [2.24, 2.45) is 0 Å². The Hall–Kier alpha value is -2.98. The molecule has 7 heteroatoms. The van der Waals surface area contributed by atoms with Crippen molar-refractivity contribution in [1.29, 1.82) is 5.26 Å². The maximum atomic E-state index is 11.6. The highest BCUT2D eigenvalue weighted by Gasteiger charge is 2.20. The average Bonchev–Trinajstić information content (AvgIpc) is 2.69. The van der Waals surface area contributed by atoms with Crippen LogP contribution in [0.2, 0.25) is 0 Å². The number of esters is 1. The Morgan fingerprint density at radius 2 is 1.79 bits per heavy atom. The molecule has 2 heterocycles. The van der Waals surface area contributed by atoms with Crippen LogP contribution in [0.15, 0.2) is 24.3 Å². The summed E-state index contributed by atoms with van der Waals surface area (Å²) in [6.07, 6.45) is 0. The second-order valence-electron chi connectivity index (χ2n) is 6.82. The monoisotopic (exact) mass is 379 g/mol. The van der Waals surface area contributed by atoms with Crippen LogP contribution in [0, 0.1) is 25.2 Å². The summed E-state index contributed by atoms with van der Waals surface area (Å²) in [6.45, 7) is 9.69. The fourth-order valence-corrected chi connectivity index (χ4v) is 3.39. The number of carbonyl (C=O) groups excluding carboxylic acids is 1. The molecule has 146 valence electrons. The molecule has 0 radical (unpaired) electrons. The van der Waals surface area contributed by atoms with Crippen molar-refractivity contribution in [2.45, 2.75) is 20.8 Å². The zero-order valence-electron chi connectivity index (χ0n) is 16.6. The van der Waals surface area contributed by atoms with Gasteiger partial charge in [-0.3, -0.25) is 14.7 Å². The van der Waals surface area contributed by atoms with Gasteiger partial charge in [0, 0.05) is 37.4 Å². The van der Waals surface area contributed by atoms with Gasteiger partial charge in [-0.1, -0.05) is 12.1 Å². The normalized spacial score (nSPS) is 14.6. The van der Waals surface area contributed by atoms with E-state index in [2.05, 4.69) is 38.0 Å². The molecule has 0 unspecified atom stereocenters. The largest absolute Gasteiger partial charge is 0.465 e. The molecule has 0 spiro atoms. The van der Waals surface area contributed by atoms with Crippen LogP contribution in [0.5, 0.6) is 0 Å². The Balaban J connectivity index is 1.66. The van der Waals surface area contributed by atoms with Gasteiger partial charge in [0.05, 0.1) is 30.2 Å². The Morgan fingerprint density at radius 1 is 1.11 bits per heavy atom. The molecule has 1 aromatic carbocycles. The Morgan fingerprint density at radius 3 is 2.39 bits per heavy atom. The molecular weight excluding hydrogens is 354 g/mol. The maximum Gasteiger partial charge on any atom is 0.320 e. The highest BCUT2D eigenvalue weighted by molar-refractivity contribution is 5.71. The fraction of sp³-hybridized carbons (Fsp3) is 0.429. The van der Waals surface area contributed by atoms with Gasteiger partial charge in [0.2, 0.25) is 0 Å². The number of nitriles is 1. The van der Waals surface area contributed by atoms with Gasteiger partial charge in [0.1, 0.15) is 6.07 Å². The van der Waals surface area contributed by atoms with Gasteiger partial charge in [0.25, 0.3) is 0 Å². The van der Waals surface area contributed by atoms with Crippen LogP contribution < -0.4 is 4.90 Å². The van der Waals surface area contributed by atoms with E-state index in [0.717, 1.165) is 48.8 Å². The van der Waals surface area contributed by atoms with Gasteiger partial charge in [-0.25, -0.2) is 4.98 Å². The second-order valence-corrected chi connectivity index (χ2v) is 6.82. The second kappa shape index (κ2) is 8.81. The standard InChI is InChI=1S/C21H25N5O2/c1-4-28-20(27)14-25-9-11-26(12-10-25)18-7-5-17(6-8-18)21-16(3)23-15(2)19(13-22)24-21/h5-8H,4,9-12,14H2,1-3H3. The topological polar surface area (TPSA) is 82.4 Å². The summed E-state index contributed by atoms with van der Waals surface area (Å²) >= 11 is 0. The SMILES string of the molecule is CCOC(=O)CN1CCN(c2ccc(-c3nc(C#N)c(C)nc3C)cc2)CC1. The molecule has 7 nitrogen and oxygen atoms in total. The van der Waals surface area contributed by atoms with Crippen molar-refractivity contribution in [3.05, 3.63) is 41.3 Å². The van der Waals surface area contributed by atoms with Crippen molar-refractivity contribution in [2.75, 3.05) is 44.2 Å². The lowest BCUT2D eigenvalue weighted by molar-refractivity contribution is -0.144. The molecule has 2 aromatic rings. The Kier molecular flexibility index (Phi) is 6.22. The van der Waals surface area contributed by atoms with Gasteiger partial charge < -0.3 is 9.64 Å². The first-order chi connectivity index (χ1) is 13.5. The molecule has 1 aromatic heterocycles. The maximum absolute atomic E-state index is 11.6. The lowest BCUT2D eigenvalue weighted by atomic mass is 10.1. The molecule has 0 atom stereocenters. The molecule has 1 aliphatic heterocycles. The number of rotatable bonds is 5. The number of carbonyl (C=O) groups is 1. The lowest BCUT2D eigenvalue weighted by Crippen LogP contribution is -2.48. The highest BCUT2D eigenvalue weighted by Crippen LogP contribution is 2.25. The zero-order valence-corrected chi connectivity index (χ0v) is 16.6. The molecule has 3 rings (SSSR count). The number of aromatic nitrogens is 2. The first kappa shape index (κ1) is 19.8. The van der Waals surface area contributed by atoms with Crippen LogP contribution in [0.3, 0.4) is 0 Å². The summed E-state index contributed by atoms with van der Waals surface area (Å²) in [5.41, 5.74) is 4.66. The van der Waals surface area contributed by atoms with Crippen molar-refractivity contribution in [3.63, 3.8) is 0 Å². The number of hydrogen-bond donors (Lipinski definition) is 0. The minimum absolute atomic E-state index is 0.161. The predicted molar refractivity (Wildman–Crippen MR) is 107 cm³/mol. The van der Waals surface area contributed by atoms with Crippen LogP contribution in [-0.4, -0.2) is 60.2 Å². The van der Waals surface area contributed by atoms with E-state index in [1.807, 2.05) is 26.0 Å². The Labute approximate surface area is 165 Å². The van der Waals surface area contributed by atoms with E-state index in [1.165, 1.54) is 0 Å². The van der Waals surface area contributed by atoms with E-state index < -0.39 is 0 Å². The predicted octanol–water partition coefficient (Wildman–Crippen LogP) is 2.32. The number of nitrogens with zero attached hydrogens (tertiary/aromatic N) is 5. The molecule has 0 aliphatic carbocycles. The van der Waals surface area contributed by atoms with E-state index >= 15 is 0 Å². The lowest BCUT2D eigenvalue weighted by Gasteiger charge is -2.35. The van der Waals surface area contributed by atoms with Crippen molar-refractivity contribution in [3.8, 4) is 17.3 Å². The van der Waals surface area contributed by atoms with Crippen LogP contribution in [0.25, 0.3) is 11.3 Å². The number of benzene rings is 1. The van der Waals surface area contributed by atoms with Gasteiger partial charge in [-0.05, 0) is 32.9 Å². The van der Waals surface area contributed by atoms with E-state index in [4.69, 9.17) is 4.74 Å². The third kappa shape index (κ3) is 4.46. The molecule has 0 amide bonds. The number of piperazine rings is 1. The third-order valence-corrected chi connectivity index (χ3v) is 4.89. The molecule has 1 aliphatic rings. The molecule has 1 saturated heterocycles. The smallest absolute Gasteiger partial charge is 0.320 e. The molecule has 1 fully saturated rings. The fourth-order valence-electron chi connectivity index (χ4n) is 3.39. The van der Waals surface area contributed by atoms with Crippen LogP contribution >= 0.6 is 0 Å². The Bertz CT molecular complexity index is 881. The quantitative estimate of drug-likeness (QED) is 0.737. The summed E-state index contributed by atoms with van der Waals surface area (Å²) in [5, 5.41) is 9.21. The zero-order chi connectivity index (χ0) is 20.1. The van der Waals surface area contributed by atoms with Crippen molar-refractivity contribution >= 4 is 11.7 Å². The van der Waals surface area contributed by atoms with Crippen LogP contribution in [0.4, 0.5) is 5.69 Å². The van der Waals surface area contributed by atoms with Crippen molar-refractivity contribution < 1.29 is 9.53 Å². The number of hydrogen-bond acceptors (Lipinski definition) is 7. The first-order valence-corrected chi connectivity index (χ1v) is 9.50. The minimum atomic E-state index is -0.161. The van der Waals surface area contributed by atoms with Gasteiger partial charge in [0.15, 0.2) is 5.69 Å². The molecule has 0 saturated carbocycles. The third-order valence-electron chi connectivity index (χ3n) is 4.89. The first-order valence-electron chi connectivity index (χ1n) is 9.50. The number of anilines is 1. The molecular formula is C21H25N5O2. The summed E-state index contributed by atoms with van der Waals surface area (Å²) < 4.78 is 5.02. The summed E-state index contributed by atoms with van der Waals surface area (Å²) in [6, 6.07) is 10.3. The van der Waals surface area contributed by atoms with Gasteiger partial charge in [-0.2, -0.15) is 5.26 Å². The van der Waals surface area contributed by atoms with E-state index in [-0.39, 0.29) is 5.97 Å². The number of aryl methyl sites for hydroxylation is 2. The average molecular weight is 379 g/mol. The van der Waals surface area contributed by atoms with Gasteiger partial charge >= 0.3 is 5.97 Å². The molecule has 0 bridgehead atoms. The molecule has 28 heavy (non-hydrogen) atoms. The summed E-state index contributed by atoms with van der Waals surface area (Å²) in [4.78, 5) is 25.0. The van der Waals surface area contributed by atoms with E-state index in [0.29, 0.717) is 24.5 Å². The van der Waals surface area contributed by atoms with Crippen LogP contribution in [-0.2, 0) is 9.53 Å². The van der Waals surface area contributed by atoms with E-state index in [9.17, 15) is 10.1 Å². The highest BCUT2D eigenvalue weighted by atomic mass is 16.5. The minimum Gasteiger partial charge on any atom is -0.465 e. The number of ether oxygens (including phenoxy) is 1. The van der Waals surface area contributed by atoms with E-state index in [1.54, 1.807) is 6.92 Å². The molecule has 0 N–H and O–H groups in total. The van der Waals surface area contributed by atoms with Gasteiger partial charge in [-0.15, -0.1) is 0 Å².